The minimum atomic E-state index is 0.592. The Balaban J connectivity index is 1.86. The van der Waals surface area contributed by atoms with Crippen molar-refractivity contribution < 1.29 is 14.2 Å². The van der Waals surface area contributed by atoms with Crippen LogP contribution in [0.4, 0.5) is 0 Å². The molecule has 180 valence electrons. The van der Waals surface area contributed by atoms with Gasteiger partial charge in [-0.2, -0.15) is 0 Å². The van der Waals surface area contributed by atoms with Crippen LogP contribution in [-0.2, 0) is 15.9 Å². The third-order valence-electron chi connectivity index (χ3n) is 5.75. The van der Waals surface area contributed by atoms with Crippen molar-refractivity contribution >= 4 is 0 Å². The summed E-state index contributed by atoms with van der Waals surface area (Å²) >= 11 is 0. The van der Waals surface area contributed by atoms with Gasteiger partial charge in [0.15, 0.2) is 0 Å². The number of hydrogen-bond acceptors (Lipinski definition) is 3. The lowest BCUT2D eigenvalue weighted by molar-refractivity contribution is 0.0352. The van der Waals surface area contributed by atoms with E-state index in [9.17, 15) is 0 Å². The van der Waals surface area contributed by atoms with E-state index in [2.05, 4.69) is 38.1 Å². The maximum absolute atomic E-state index is 5.77. The summed E-state index contributed by atoms with van der Waals surface area (Å²) in [6.45, 7) is 7.93. The molecule has 0 unspecified atom stereocenters. The first-order valence-corrected chi connectivity index (χ1v) is 13.2. The molecule has 0 N–H and O–H groups in total. The molecule has 0 saturated heterocycles. The highest BCUT2D eigenvalue weighted by atomic mass is 16.5. The molecular weight excluding hydrogens is 384 g/mol. The zero-order chi connectivity index (χ0) is 22.2. The summed E-state index contributed by atoms with van der Waals surface area (Å²) in [6.07, 6.45) is 20.0. The highest BCUT2D eigenvalue weighted by Gasteiger charge is 1.98. The average Bonchev–Trinajstić information content (AvgIpc) is 2.79. The Morgan fingerprint density at radius 2 is 0.968 bits per heavy atom. The molecule has 0 atom stereocenters. The van der Waals surface area contributed by atoms with E-state index < -0.39 is 0 Å². The lowest BCUT2D eigenvalue weighted by Gasteiger charge is -2.09. The van der Waals surface area contributed by atoms with Crippen LogP contribution in [0.2, 0.25) is 0 Å². The summed E-state index contributed by atoms with van der Waals surface area (Å²) in [6, 6.07) is 8.56. The van der Waals surface area contributed by atoms with Crippen LogP contribution in [0.1, 0.15) is 109 Å². The number of benzene rings is 1. The van der Waals surface area contributed by atoms with E-state index in [1.165, 1.54) is 102 Å². The second-order valence-electron chi connectivity index (χ2n) is 8.71. The van der Waals surface area contributed by atoms with Crippen molar-refractivity contribution in [2.75, 3.05) is 33.0 Å². The Kier molecular flexibility index (Phi) is 20.0. The van der Waals surface area contributed by atoms with Gasteiger partial charge in [-0.1, -0.05) is 103 Å². The topological polar surface area (TPSA) is 27.7 Å². The average molecular weight is 435 g/mol. The van der Waals surface area contributed by atoms with E-state index in [0.717, 1.165) is 12.4 Å². The van der Waals surface area contributed by atoms with Crippen molar-refractivity contribution in [3.8, 4) is 5.75 Å². The van der Waals surface area contributed by atoms with E-state index in [1.54, 1.807) is 0 Å². The SMILES string of the molecule is CCCCCCCCCCOCCOCCOc1ccc(CCCCCCCC)cc1. The van der Waals surface area contributed by atoms with Crippen molar-refractivity contribution in [3.63, 3.8) is 0 Å². The molecule has 0 heterocycles. The smallest absolute Gasteiger partial charge is 0.119 e. The van der Waals surface area contributed by atoms with Gasteiger partial charge in [0.05, 0.1) is 19.8 Å². The monoisotopic (exact) mass is 434 g/mol. The lowest BCUT2D eigenvalue weighted by atomic mass is 10.0. The lowest BCUT2D eigenvalue weighted by Crippen LogP contribution is -2.11. The van der Waals surface area contributed by atoms with E-state index in [1.807, 2.05) is 0 Å². The van der Waals surface area contributed by atoms with E-state index >= 15 is 0 Å². The molecular formula is C28H50O3. The van der Waals surface area contributed by atoms with Crippen LogP contribution in [0, 0.1) is 0 Å². The molecule has 1 rings (SSSR count). The van der Waals surface area contributed by atoms with Crippen molar-refractivity contribution in [3.05, 3.63) is 29.8 Å². The second kappa shape index (κ2) is 22.1. The summed E-state index contributed by atoms with van der Waals surface area (Å²) in [7, 11) is 0. The first kappa shape index (κ1) is 28.0. The molecule has 3 heteroatoms. The van der Waals surface area contributed by atoms with Gasteiger partial charge in [-0.3, -0.25) is 0 Å². The Labute approximate surface area is 193 Å². The van der Waals surface area contributed by atoms with Crippen LogP contribution in [0.25, 0.3) is 0 Å². The molecule has 0 fully saturated rings. The predicted molar refractivity (Wildman–Crippen MR) is 133 cm³/mol. The Hall–Kier alpha value is -1.06. The number of unbranched alkanes of at least 4 members (excludes halogenated alkanes) is 12. The van der Waals surface area contributed by atoms with Crippen LogP contribution in [0.5, 0.6) is 5.75 Å². The van der Waals surface area contributed by atoms with Gasteiger partial charge in [-0.25, -0.2) is 0 Å². The van der Waals surface area contributed by atoms with Crippen molar-refractivity contribution in [1.82, 2.24) is 0 Å². The third-order valence-corrected chi connectivity index (χ3v) is 5.75. The van der Waals surface area contributed by atoms with Gasteiger partial charge in [0.25, 0.3) is 0 Å². The van der Waals surface area contributed by atoms with Crippen molar-refractivity contribution in [2.24, 2.45) is 0 Å². The summed E-state index contributed by atoms with van der Waals surface area (Å²) in [5.41, 5.74) is 1.41. The van der Waals surface area contributed by atoms with Crippen LogP contribution < -0.4 is 4.74 Å². The number of ether oxygens (including phenoxy) is 3. The molecule has 0 spiro atoms. The number of hydrogen-bond donors (Lipinski definition) is 0. The first-order valence-electron chi connectivity index (χ1n) is 13.2. The van der Waals surface area contributed by atoms with Crippen molar-refractivity contribution in [1.29, 1.82) is 0 Å². The Bertz CT molecular complexity index is 472. The maximum atomic E-state index is 5.77. The molecule has 0 aromatic heterocycles. The molecule has 0 saturated carbocycles. The summed E-state index contributed by atoms with van der Waals surface area (Å²) in [5, 5.41) is 0. The van der Waals surface area contributed by atoms with Crippen LogP contribution in [0.15, 0.2) is 24.3 Å². The van der Waals surface area contributed by atoms with Gasteiger partial charge < -0.3 is 14.2 Å². The minimum absolute atomic E-state index is 0.592. The minimum Gasteiger partial charge on any atom is -0.491 e. The fourth-order valence-electron chi connectivity index (χ4n) is 3.74. The Morgan fingerprint density at radius 3 is 1.58 bits per heavy atom. The normalized spacial score (nSPS) is 11.2. The zero-order valence-corrected chi connectivity index (χ0v) is 20.7. The molecule has 1 aromatic carbocycles. The van der Waals surface area contributed by atoms with Gasteiger partial charge in [0.1, 0.15) is 12.4 Å². The van der Waals surface area contributed by atoms with E-state index in [0.29, 0.717) is 26.4 Å². The zero-order valence-electron chi connectivity index (χ0n) is 20.7. The highest BCUT2D eigenvalue weighted by molar-refractivity contribution is 5.27. The third kappa shape index (κ3) is 18.2. The first-order chi connectivity index (χ1) is 15.4. The van der Waals surface area contributed by atoms with Gasteiger partial charge in [-0.15, -0.1) is 0 Å². The molecule has 0 radical (unpaired) electrons. The largest absolute Gasteiger partial charge is 0.491 e. The summed E-state index contributed by atoms with van der Waals surface area (Å²) < 4.78 is 17.0. The highest BCUT2D eigenvalue weighted by Crippen LogP contribution is 2.15. The molecule has 3 nitrogen and oxygen atoms in total. The van der Waals surface area contributed by atoms with Crippen LogP contribution in [-0.4, -0.2) is 33.0 Å². The standard InChI is InChI=1S/C28H50O3/c1-3-5-7-9-11-12-14-16-22-29-23-24-30-25-26-31-28-20-18-27(19-21-28)17-15-13-10-8-6-4-2/h18-21H,3-17,22-26H2,1-2H3. The van der Waals surface area contributed by atoms with E-state index in [-0.39, 0.29) is 0 Å². The van der Waals surface area contributed by atoms with E-state index in [4.69, 9.17) is 14.2 Å². The molecule has 0 aliphatic rings. The molecule has 0 aliphatic heterocycles. The van der Waals surface area contributed by atoms with Crippen molar-refractivity contribution in [2.45, 2.75) is 110 Å². The number of rotatable bonds is 23. The fraction of sp³-hybridized carbons (Fsp3) is 0.786. The quantitative estimate of drug-likeness (QED) is 0.163. The molecule has 31 heavy (non-hydrogen) atoms. The summed E-state index contributed by atoms with van der Waals surface area (Å²) in [5.74, 6) is 0.932. The Morgan fingerprint density at radius 1 is 0.484 bits per heavy atom. The van der Waals surface area contributed by atoms with Gasteiger partial charge in [0, 0.05) is 6.61 Å². The molecule has 0 amide bonds. The fourth-order valence-corrected chi connectivity index (χ4v) is 3.74. The van der Waals surface area contributed by atoms with Gasteiger partial charge in [-0.05, 0) is 37.0 Å². The molecule has 1 aromatic rings. The van der Waals surface area contributed by atoms with Crippen LogP contribution >= 0.6 is 0 Å². The second-order valence-corrected chi connectivity index (χ2v) is 8.71. The van der Waals surface area contributed by atoms with Gasteiger partial charge >= 0.3 is 0 Å². The van der Waals surface area contributed by atoms with Gasteiger partial charge in [0.2, 0.25) is 0 Å². The predicted octanol–water partition coefficient (Wildman–Crippen LogP) is 8.14. The van der Waals surface area contributed by atoms with Crippen LogP contribution in [0.3, 0.4) is 0 Å². The maximum Gasteiger partial charge on any atom is 0.119 e. The molecule has 0 aliphatic carbocycles. The summed E-state index contributed by atoms with van der Waals surface area (Å²) in [4.78, 5) is 0. The number of aryl methyl sites for hydroxylation is 1. The molecule has 0 bridgehead atoms.